The Labute approximate surface area is 98.0 Å². The SMILES string of the molecule is CNC1CCN(C2CCN(C(C)=O)CC2)C1. The van der Waals surface area contributed by atoms with Crippen LogP contribution in [-0.4, -0.2) is 61.0 Å². The third kappa shape index (κ3) is 2.55. The summed E-state index contributed by atoms with van der Waals surface area (Å²) in [5.41, 5.74) is 0. The molecule has 1 atom stereocenters. The maximum absolute atomic E-state index is 11.2. The molecule has 16 heavy (non-hydrogen) atoms. The quantitative estimate of drug-likeness (QED) is 0.734. The van der Waals surface area contributed by atoms with Crippen molar-refractivity contribution in [3.8, 4) is 0 Å². The molecule has 4 heteroatoms. The molecular formula is C12H23N3O. The fourth-order valence-electron chi connectivity index (χ4n) is 2.90. The van der Waals surface area contributed by atoms with Crippen LogP contribution >= 0.6 is 0 Å². The van der Waals surface area contributed by atoms with E-state index in [4.69, 9.17) is 0 Å². The molecule has 1 N–H and O–H groups in total. The lowest BCUT2D eigenvalue weighted by atomic mass is 10.0. The maximum atomic E-state index is 11.2. The van der Waals surface area contributed by atoms with Crippen molar-refractivity contribution in [2.75, 3.05) is 33.2 Å². The number of carbonyl (C=O) groups excluding carboxylic acids is 1. The molecule has 2 aliphatic heterocycles. The van der Waals surface area contributed by atoms with Crippen LogP contribution in [0.5, 0.6) is 0 Å². The van der Waals surface area contributed by atoms with Crippen molar-refractivity contribution >= 4 is 5.91 Å². The Morgan fingerprint density at radius 2 is 1.88 bits per heavy atom. The number of hydrogen-bond donors (Lipinski definition) is 1. The molecule has 0 aromatic carbocycles. The molecule has 1 unspecified atom stereocenters. The Hall–Kier alpha value is -0.610. The summed E-state index contributed by atoms with van der Waals surface area (Å²) in [4.78, 5) is 15.8. The summed E-state index contributed by atoms with van der Waals surface area (Å²) in [6, 6.07) is 1.37. The first-order valence-corrected chi connectivity index (χ1v) is 6.37. The minimum atomic E-state index is 0.230. The predicted octanol–water partition coefficient (Wildman–Crippen LogP) is 0.291. The Kier molecular flexibility index (Phi) is 3.82. The Balaban J connectivity index is 1.79. The lowest BCUT2D eigenvalue weighted by molar-refractivity contribution is -0.130. The molecule has 4 nitrogen and oxygen atoms in total. The standard InChI is InChI=1S/C12H23N3O/c1-10(16)14-7-4-12(5-8-14)15-6-3-11(9-15)13-2/h11-13H,3-9H2,1-2H3. The summed E-state index contributed by atoms with van der Waals surface area (Å²) < 4.78 is 0. The average molecular weight is 225 g/mol. The molecule has 92 valence electrons. The van der Waals surface area contributed by atoms with E-state index in [0.717, 1.165) is 25.9 Å². The van der Waals surface area contributed by atoms with Crippen molar-refractivity contribution in [2.24, 2.45) is 0 Å². The van der Waals surface area contributed by atoms with E-state index < -0.39 is 0 Å². The molecule has 2 saturated heterocycles. The number of rotatable bonds is 2. The van der Waals surface area contributed by atoms with Gasteiger partial charge in [0, 0.05) is 45.2 Å². The number of nitrogens with one attached hydrogen (secondary N) is 1. The predicted molar refractivity (Wildman–Crippen MR) is 64.3 cm³/mol. The second kappa shape index (κ2) is 5.15. The van der Waals surface area contributed by atoms with E-state index in [0.29, 0.717) is 12.1 Å². The van der Waals surface area contributed by atoms with Gasteiger partial charge >= 0.3 is 0 Å². The minimum absolute atomic E-state index is 0.230. The van der Waals surface area contributed by atoms with Gasteiger partial charge in [0.2, 0.25) is 5.91 Å². The molecule has 0 aromatic heterocycles. The normalized spacial score (nSPS) is 28.6. The number of hydrogen-bond acceptors (Lipinski definition) is 3. The first kappa shape index (κ1) is 11.9. The summed E-state index contributed by atoms with van der Waals surface area (Å²) in [7, 11) is 2.05. The summed E-state index contributed by atoms with van der Waals surface area (Å²) in [6.07, 6.45) is 3.56. The highest BCUT2D eigenvalue weighted by Gasteiger charge is 2.30. The molecule has 1 amide bonds. The zero-order valence-electron chi connectivity index (χ0n) is 10.4. The van der Waals surface area contributed by atoms with E-state index in [9.17, 15) is 4.79 Å². The van der Waals surface area contributed by atoms with Gasteiger partial charge in [0.15, 0.2) is 0 Å². The fraction of sp³-hybridized carbons (Fsp3) is 0.917. The summed E-state index contributed by atoms with van der Waals surface area (Å²) in [5, 5.41) is 3.35. The van der Waals surface area contributed by atoms with E-state index in [1.54, 1.807) is 6.92 Å². The molecule has 0 spiro atoms. The second-order valence-corrected chi connectivity index (χ2v) is 5.01. The van der Waals surface area contributed by atoms with Gasteiger partial charge in [0.1, 0.15) is 0 Å². The van der Waals surface area contributed by atoms with Crippen molar-refractivity contribution in [2.45, 2.75) is 38.3 Å². The molecular weight excluding hydrogens is 202 g/mol. The Morgan fingerprint density at radius 3 is 2.38 bits per heavy atom. The van der Waals surface area contributed by atoms with E-state index in [2.05, 4.69) is 10.2 Å². The molecule has 0 aliphatic carbocycles. The third-order valence-corrected chi connectivity index (χ3v) is 4.05. The number of piperidine rings is 1. The van der Waals surface area contributed by atoms with Gasteiger partial charge in [0.25, 0.3) is 0 Å². The van der Waals surface area contributed by atoms with Gasteiger partial charge in [-0.2, -0.15) is 0 Å². The van der Waals surface area contributed by atoms with Gasteiger partial charge in [-0.05, 0) is 26.3 Å². The van der Waals surface area contributed by atoms with Gasteiger partial charge < -0.3 is 10.2 Å². The number of likely N-dealkylation sites (N-methyl/N-ethyl adjacent to an activating group) is 1. The van der Waals surface area contributed by atoms with Crippen molar-refractivity contribution in [1.29, 1.82) is 0 Å². The molecule has 2 heterocycles. The van der Waals surface area contributed by atoms with Crippen LogP contribution in [0.1, 0.15) is 26.2 Å². The highest BCUT2D eigenvalue weighted by molar-refractivity contribution is 5.73. The summed E-state index contributed by atoms with van der Waals surface area (Å²) >= 11 is 0. The van der Waals surface area contributed by atoms with Crippen LogP contribution in [0, 0.1) is 0 Å². The molecule has 0 aromatic rings. The van der Waals surface area contributed by atoms with E-state index in [1.165, 1.54) is 19.5 Å². The number of amides is 1. The zero-order chi connectivity index (χ0) is 11.5. The fourth-order valence-corrected chi connectivity index (χ4v) is 2.90. The van der Waals surface area contributed by atoms with Crippen LogP contribution in [0.4, 0.5) is 0 Å². The average Bonchev–Trinajstić information content (AvgIpc) is 2.77. The molecule has 0 bridgehead atoms. The van der Waals surface area contributed by atoms with Crippen LogP contribution < -0.4 is 5.32 Å². The van der Waals surface area contributed by atoms with Gasteiger partial charge in [-0.3, -0.25) is 9.69 Å². The van der Waals surface area contributed by atoms with Gasteiger partial charge in [-0.25, -0.2) is 0 Å². The largest absolute Gasteiger partial charge is 0.343 e. The lowest BCUT2D eigenvalue weighted by Gasteiger charge is -2.36. The first-order valence-electron chi connectivity index (χ1n) is 6.37. The summed E-state index contributed by atoms with van der Waals surface area (Å²) in [6.45, 7) is 5.96. The van der Waals surface area contributed by atoms with Crippen molar-refractivity contribution in [3.63, 3.8) is 0 Å². The Morgan fingerprint density at radius 1 is 1.19 bits per heavy atom. The number of nitrogens with zero attached hydrogens (tertiary/aromatic N) is 2. The monoisotopic (exact) mass is 225 g/mol. The highest BCUT2D eigenvalue weighted by Crippen LogP contribution is 2.21. The first-order chi connectivity index (χ1) is 7.70. The van der Waals surface area contributed by atoms with Gasteiger partial charge in [0.05, 0.1) is 0 Å². The van der Waals surface area contributed by atoms with E-state index in [-0.39, 0.29) is 5.91 Å². The van der Waals surface area contributed by atoms with Crippen molar-refractivity contribution < 1.29 is 4.79 Å². The van der Waals surface area contributed by atoms with Crippen molar-refractivity contribution in [1.82, 2.24) is 15.1 Å². The maximum Gasteiger partial charge on any atom is 0.219 e. The van der Waals surface area contributed by atoms with Crippen LogP contribution in [0.25, 0.3) is 0 Å². The minimum Gasteiger partial charge on any atom is -0.343 e. The van der Waals surface area contributed by atoms with Crippen LogP contribution in [0.15, 0.2) is 0 Å². The molecule has 2 fully saturated rings. The lowest BCUT2D eigenvalue weighted by Crippen LogP contribution is -2.46. The van der Waals surface area contributed by atoms with E-state index >= 15 is 0 Å². The second-order valence-electron chi connectivity index (χ2n) is 5.01. The van der Waals surface area contributed by atoms with Crippen LogP contribution in [-0.2, 0) is 4.79 Å². The van der Waals surface area contributed by atoms with Crippen LogP contribution in [0.2, 0.25) is 0 Å². The zero-order valence-corrected chi connectivity index (χ0v) is 10.4. The molecule has 2 aliphatic rings. The molecule has 2 rings (SSSR count). The van der Waals surface area contributed by atoms with E-state index in [1.807, 2.05) is 11.9 Å². The van der Waals surface area contributed by atoms with Crippen LogP contribution in [0.3, 0.4) is 0 Å². The molecule has 0 radical (unpaired) electrons. The van der Waals surface area contributed by atoms with Gasteiger partial charge in [-0.15, -0.1) is 0 Å². The summed E-state index contributed by atoms with van der Waals surface area (Å²) in [5.74, 6) is 0.230. The Bertz CT molecular complexity index is 249. The molecule has 0 saturated carbocycles. The third-order valence-electron chi connectivity index (χ3n) is 4.05. The smallest absolute Gasteiger partial charge is 0.219 e. The number of carbonyl (C=O) groups is 1. The topological polar surface area (TPSA) is 35.6 Å². The number of likely N-dealkylation sites (tertiary alicyclic amines) is 2. The highest BCUT2D eigenvalue weighted by atomic mass is 16.2. The van der Waals surface area contributed by atoms with Crippen molar-refractivity contribution in [3.05, 3.63) is 0 Å². The van der Waals surface area contributed by atoms with Gasteiger partial charge in [-0.1, -0.05) is 0 Å².